The first-order chi connectivity index (χ1) is 16.0. The molecule has 8 nitrogen and oxygen atoms in total. The van der Waals surface area contributed by atoms with Crippen LogP contribution in [0.25, 0.3) is 11.1 Å². The van der Waals surface area contributed by atoms with Crippen LogP contribution in [0.4, 0.5) is 5.69 Å². The van der Waals surface area contributed by atoms with Crippen LogP contribution in [0.5, 0.6) is 5.75 Å². The summed E-state index contributed by atoms with van der Waals surface area (Å²) in [4.78, 5) is 40.6. The zero-order chi connectivity index (χ0) is 23.2. The second-order valence-electron chi connectivity index (χ2n) is 7.85. The number of rotatable bonds is 9. The summed E-state index contributed by atoms with van der Waals surface area (Å²) >= 11 is 0. The van der Waals surface area contributed by atoms with E-state index in [9.17, 15) is 19.7 Å². The standard InChI is InChI=1S/C25H23N3O5/c29-24-10-11-25(30)27(24)22(7-4-18-12-14-26-15-13-18)17-33-23-8-5-19(6-9-23)20-2-1-3-21(16-20)28(31)32/h1-3,5-6,8-9,12-16,22H,4,7,10-11,17H2. The first-order valence-corrected chi connectivity index (χ1v) is 10.7. The number of carbonyl (C=O) groups excluding carboxylic acids is 2. The van der Waals surface area contributed by atoms with Crippen LogP contribution >= 0.6 is 0 Å². The molecule has 0 spiro atoms. The quantitative estimate of drug-likeness (QED) is 0.278. The van der Waals surface area contributed by atoms with E-state index >= 15 is 0 Å². The van der Waals surface area contributed by atoms with Crippen LogP contribution in [-0.4, -0.2) is 39.3 Å². The van der Waals surface area contributed by atoms with Crippen molar-refractivity contribution in [1.82, 2.24) is 9.88 Å². The molecular weight excluding hydrogens is 422 g/mol. The van der Waals surface area contributed by atoms with Crippen molar-refractivity contribution < 1.29 is 19.2 Å². The zero-order valence-electron chi connectivity index (χ0n) is 17.9. The molecule has 2 heterocycles. The number of nitro groups is 1. The van der Waals surface area contributed by atoms with Gasteiger partial charge in [-0.05, 0) is 53.8 Å². The average Bonchev–Trinajstić information content (AvgIpc) is 3.18. The highest BCUT2D eigenvalue weighted by atomic mass is 16.6. The van der Waals surface area contributed by atoms with Gasteiger partial charge in [0.05, 0.1) is 11.0 Å². The van der Waals surface area contributed by atoms with Crippen molar-refractivity contribution >= 4 is 17.5 Å². The van der Waals surface area contributed by atoms with Crippen molar-refractivity contribution in [1.29, 1.82) is 0 Å². The Hall–Kier alpha value is -4.07. The van der Waals surface area contributed by atoms with Crippen molar-refractivity contribution in [3.8, 4) is 16.9 Å². The molecule has 1 fully saturated rings. The second kappa shape index (κ2) is 10.0. The highest BCUT2D eigenvalue weighted by Gasteiger charge is 2.35. The van der Waals surface area contributed by atoms with Gasteiger partial charge < -0.3 is 4.74 Å². The minimum atomic E-state index is -0.423. The molecule has 168 valence electrons. The van der Waals surface area contributed by atoms with Crippen molar-refractivity contribution in [2.45, 2.75) is 31.7 Å². The van der Waals surface area contributed by atoms with Gasteiger partial charge in [-0.3, -0.25) is 29.6 Å². The van der Waals surface area contributed by atoms with E-state index in [-0.39, 0.29) is 43.0 Å². The number of nitro benzene ring substituents is 1. The van der Waals surface area contributed by atoms with Crippen molar-refractivity contribution in [3.63, 3.8) is 0 Å². The summed E-state index contributed by atoms with van der Waals surface area (Å²) in [5.74, 6) is 0.269. The van der Waals surface area contributed by atoms with Gasteiger partial charge in [-0.25, -0.2) is 0 Å². The number of hydrogen-bond acceptors (Lipinski definition) is 6. The maximum Gasteiger partial charge on any atom is 0.270 e. The summed E-state index contributed by atoms with van der Waals surface area (Å²) < 4.78 is 5.95. The molecule has 0 radical (unpaired) electrons. The van der Waals surface area contributed by atoms with Gasteiger partial charge in [-0.15, -0.1) is 0 Å². The molecule has 1 aliphatic heterocycles. The molecule has 0 bridgehead atoms. The van der Waals surface area contributed by atoms with E-state index in [1.54, 1.807) is 30.6 Å². The third-order valence-electron chi connectivity index (χ3n) is 5.66. The zero-order valence-corrected chi connectivity index (χ0v) is 17.9. The van der Waals surface area contributed by atoms with Gasteiger partial charge in [0.1, 0.15) is 12.4 Å². The normalized spacial score (nSPS) is 14.4. The number of non-ortho nitro benzene ring substituents is 1. The van der Waals surface area contributed by atoms with Gasteiger partial charge in [0.25, 0.3) is 5.69 Å². The molecule has 1 aromatic heterocycles. The predicted molar refractivity (Wildman–Crippen MR) is 121 cm³/mol. The molecule has 2 aromatic carbocycles. The predicted octanol–water partition coefficient (Wildman–Crippen LogP) is 4.19. The van der Waals surface area contributed by atoms with Gasteiger partial charge >= 0.3 is 0 Å². The van der Waals surface area contributed by atoms with E-state index in [0.717, 1.165) is 16.7 Å². The SMILES string of the molecule is O=C1CCC(=O)N1C(CCc1ccncc1)COc1ccc(-c2cccc([N+](=O)[O-])c2)cc1. The lowest BCUT2D eigenvalue weighted by Crippen LogP contribution is -2.43. The molecule has 1 atom stereocenters. The van der Waals surface area contributed by atoms with Crippen LogP contribution in [0.3, 0.4) is 0 Å². The second-order valence-corrected chi connectivity index (χ2v) is 7.85. The molecule has 2 amide bonds. The van der Waals surface area contributed by atoms with Gasteiger partial charge in [-0.2, -0.15) is 0 Å². The lowest BCUT2D eigenvalue weighted by Gasteiger charge is -2.26. The first kappa shape index (κ1) is 22.1. The fourth-order valence-electron chi connectivity index (χ4n) is 3.91. The van der Waals surface area contributed by atoms with Crippen LogP contribution in [-0.2, 0) is 16.0 Å². The number of ether oxygens (including phenoxy) is 1. The summed E-state index contributed by atoms with van der Waals surface area (Å²) in [7, 11) is 0. The van der Waals surface area contributed by atoms with Crippen molar-refractivity contribution in [2.24, 2.45) is 0 Å². The Morgan fingerprint density at radius 2 is 1.67 bits per heavy atom. The third kappa shape index (κ3) is 5.41. The summed E-state index contributed by atoms with van der Waals surface area (Å²) in [5.41, 5.74) is 2.67. The first-order valence-electron chi connectivity index (χ1n) is 10.7. The Balaban J connectivity index is 1.44. The van der Waals surface area contributed by atoms with Gasteiger partial charge in [0.15, 0.2) is 0 Å². The Labute approximate surface area is 191 Å². The molecule has 3 aromatic rings. The third-order valence-corrected chi connectivity index (χ3v) is 5.66. The molecule has 1 aliphatic rings. The number of imide groups is 1. The van der Waals surface area contributed by atoms with E-state index in [4.69, 9.17) is 4.74 Å². The van der Waals surface area contributed by atoms with E-state index in [2.05, 4.69) is 4.98 Å². The Kier molecular flexibility index (Phi) is 6.73. The largest absolute Gasteiger partial charge is 0.491 e. The van der Waals surface area contributed by atoms with E-state index in [1.807, 2.05) is 30.3 Å². The molecule has 0 N–H and O–H groups in total. The van der Waals surface area contributed by atoms with Gasteiger partial charge in [0.2, 0.25) is 11.8 Å². The lowest BCUT2D eigenvalue weighted by atomic mass is 10.0. The molecule has 1 unspecified atom stereocenters. The van der Waals surface area contributed by atoms with Gasteiger partial charge in [-0.1, -0.05) is 24.3 Å². The van der Waals surface area contributed by atoms with E-state index in [0.29, 0.717) is 18.6 Å². The van der Waals surface area contributed by atoms with Crippen LogP contribution in [0.2, 0.25) is 0 Å². The molecular formula is C25H23N3O5. The average molecular weight is 445 g/mol. The Morgan fingerprint density at radius 3 is 2.33 bits per heavy atom. The maximum absolute atomic E-state index is 12.3. The number of nitrogens with zero attached hydrogens (tertiary/aromatic N) is 3. The highest BCUT2D eigenvalue weighted by molar-refractivity contribution is 6.02. The Morgan fingerprint density at radius 1 is 0.970 bits per heavy atom. The highest BCUT2D eigenvalue weighted by Crippen LogP contribution is 2.26. The molecule has 33 heavy (non-hydrogen) atoms. The van der Waals surface area contributed by atoms with Crippen LogP contribution in [0.15, 0.2) is 73.1 Å². The van der Waals surface area contributed by atoms with Crippen LogP contribution < -0.4 is 4.74 Å². The molecule has 4 rings (SSSR count). The summed E-state index contributed by atoms with van der Waals surface area (Å²) in [6.45, 7) is 0.193. The number of carbonyl (C=O) groups is 2. The van der Waals surface area contributed by atoms with Crippen LogP contribution in [0, 0.1) is 10.1 Å². The monoisotopic (exact) mass is 445 g/mol. The number of aromatic nitrogens is 1. The lowest BCUT2D eigenvalue weighted by molar-refractivity contribution is -0.384. The van der Waals surface area contributed by atoms with Gasteiger partial charge in [0, 0.05) is 37.4 Å². The maximum atomic E-state index is 12.3. The molecule has 1 saturated heterocycles. The van der Waals surface area contributed by atoms with E-state index in [1.165, 1.54) is 17.0 Å². The van der Waals surface area contributed by atoms with Crippen molar-refractivity contribution in [2.75, 3.05) is 6.61 Å². The van der Waals surface area contributed by atoms with Crippen molar-refractivity contribution in [3.05, 3.63) is 88.7 Å². The Bertz CT molecular complexity index is 1130. The number of benzene rings is 2. The van der Waals surface area contributed by atoms with Crippen LogP contribution in [0.1, 0.15) is 24.8 Å². The number of likely N-dealkylation sites (tertiary alicyclic amines) is 1. The minimum absolute atomic E-state index is 0.0322. The van der Waals surface area contributed by atoms with E-state index < -0.39 is 4.92 Å². The summed E-state index contributed by atoms with van der Waals surface area (Å²) in [6, 6.07) is 17.1. The molecule has 8 heteroatoms. The smallest absolute Gasteiger partial charge is 0.270 e. The molecule has 0 aliphatic carbocycles. The summed E-state index contributed by atoms with van der Waals surface area (Å²) in [6.07, 6.45) is 5.20. The number of hydrogen-bond donors (Lipinski definition) is 0. The topological polar surface area (TPSA) is 103 Å². The fourth-order valence-corrected chi connectivity index (χ4v) is 3.91. The number of pyridine rings is 1. The minimum Gasteiger partial charge on any atom is -0.491 e. The summed E-state index contributed by atoms with van der Waals surface area (Å²) in [5, 5.41) is 11.0. The number of aryl methyl sites for hydroxylation is 1. The molecule has 0 saturated carbocycles. The number of amides is 2. The fraction of sp³-hybridized carbons (Fsp3) is 0.240.